The van der Waals surface area contributed by atoms with Gasteiger partial charge in [-0.3, -0.25) is 9.36 Å². The Morgan fingerprint density at radius 3 is 2.67 bits per heavy atom. The Balaban J connectivity index is 2.42. The summed E-state index contributed by atoms with van der Waals surface area (Å²) in [5.41, 5.74) is 9.49. The maximum Gasteiger partial charge on any atom is 0.0768 e. The van der Waals surface area contributed by atoms with Gasteiger partial charge in [0.1, 0.15) is 0 Å². The van der Waals surface area contributed by atoms with Crippen molar-refractivity contribution in [2.45, 2.75) is 32.9 Å². The van der Waals surface area contributed by atoms with Crippen LogP contribution in [-0.2, 0) is 13.6 Å². The molecule has 18 heavy (non-hydrogen) atoms. The van der Waals surface area contributed by atoms with Crippen molar-refractivity contribution in [3.8, 4) is 0 Å². The first-order valence-corrected chi connectivity index (χ1v) is 6.80. The van der Waals surface area contributed by atoms with Gasteiger partial charge in [0.15, 0.2) is 0 Å². The fourth-order valence-corrected chi connectivity index (χ4v) is 2.58. The van der Waals surface area contributed by atoms with Gasteiger partial charge in [0.05, 0.1) is 28.6 Å². The highest BCUT2D eigenvalue weighted by Gasteiger charge is 2.21. The fraction of sp³-hybridized carbons (Fsp3) is 0.500. The van der Waals surface area contributed by atoms with Crippen molar-refractivity contribution in [1.29, 1.82) is 0 Å². The molecule has 0 bridgehead atoms. The third kappa shape index (κ3) is 2.22. The van der Waals surface area contributed by atoms with Crippen molar-refractivity contribution in [1.82, 2.24) is 19.6 Å². The van der Waals surface area contributed by atoms with Crippen molar-refractivity contribution in [2.24, 2.45) is 12.8 Å². The van der Waals surface area contributed by atoms with Gasteiger partial charge in [0.2, 0.25) is 0 Å². The summed E-state index contributed by atoms with van der Waals surface area (Å²) in [6.45, 7) is 5.02. The van der Waals surface area contributed by atoms with E-state index in [0.29, 0.717) is 0 Å². The molecule has 2 aromatic heterocycles. The zero-order valence-electron chi connectivity index (χ0n) is 10.9. The number of aryl methyl sites for hydroxylation is 2. The standard InChI is InChI=1S/C12H18BrN5/c1-4-5-18-12(10(13)7-16-18)11(14)9-6-15-17(3)8(9)2/h6-7,11H,4-5,14H2,1-3H3. The number of rotatable bonds is 4. The normalized spacial score (nSPS) is 12.9. The molecular formula is C12H18BrN5. The molecule has 2 rings (SSSR count). The second-order valence-corrected chi connectivity index (χ2v) is 5.24. The highest BCUT2D eigenvalue weighted by Crippen LogP contribution is 2.28. The van der Waals surface area contributed by atoms with Crippen LogP contribution in [-0.4, -0.2) is 19.6 Å². The summed E-state index contributed by atoms with van der Waals surface area (Å²) in [4.78, 5) is 0. The summed E-state index contributed by atoms with van der Waals surface area (Å²) in [5.74, 6) is 0. The van der Waals surface area contributed by atoms with Gasteiger partial charge >= 0.3 is 0 Å². The van der Waals surface area contributed by atoms with Crippen molar-refractivity contribution in [3.63, 3.8) is 0 Å². The van der Waals surface area contributed by atoms with Crippen LogP contribution in [0, 0.1) is 6.92 Å². The molecule has 1 unspecified atom stereocenters. The van der Waals surface area contributed by atoms with Crippen molar-refractivity contribution in [3.05, 3.63) is 33.8 Å². The molecule has 0 fully saturated rings. The monoisotopic (exact) mass is 311 g/mol. The Bertz CT molecular complexity index is 543. The van der Waals surface area contributed by atoms with Gasteiger partial charge in [0.25, 0.3) is 0 Å². The number of nitrogens with two attached hydrogens (primary N) is 1. The summed E-state index contributed by atoms with van der Waals surface area (Å²) in [6.07, 6.45) is 4.66. The molecular weight excluding hydrogens is 294 g/mol. The number of hydrogen-bond acceptors (Lipinski definition) is 3. The fourth-order valence-electron chi connectivity index (χ4n) is 2.04. The third-order valence-electron chi connectivity index (χ3n) is 3.17. The number of aromatic nitrogens is 4. The summed E-state index contributed by atoms with van der Waals surface area (Å²) in [5, 5.41) is 8.60. The van der Waals surface area contributed by atoms with Crippen LogP contribution in [0.2, 0.25) is 0 Å². The minimum atomic E-state index is -0.206. The van der Waals surface area contributed by atoms with Crippen LogP contribution in [0.1, 0.15) is 36.3 Å². The summed E-state index contributed by atoms with van der Waals surface area (Å²) in [7, 11) is 1.92. The Morgan fingerprint density at radius 1 is 1.39 bits per heavy atom. The first-order valence-electron chi connectivity index (χ1n) is 6.01. The third-order valence-corrected chi connectivity index (χ3v) is 3.78. The Hall–Kier alpha value is -1.14. The molecule has 0 saturated heterocycles. The zero-order chi connectivity index (χ0) is 13.3. The van der Waals surface area contributed by atoms with Gasteiger partial charge in [0, 0.05) is 24.8 Å². The molecule has 2 heterocycles. The SMILES string of the molecule is CCCn1ncc(Br)c1C(N)c1cnn(C)c1C. The van der Waals surface area contributed by atoms with Crippen LogP contribution in [0.3, 0.4) is 0 Å². The van der Waals surface area contributed by atoms with E-state index in [1.165, 1.54) is 0 Å². The number of nitrogens with zero attached hydrogens (tertiary/aromatic N) is 4. The molecule has 0 aliphatic rings. The lowest BCUT2D eigenvalue weighted by molar-refractivity contribution is 0.558. The predicted octanol–water partition coefficient (Wildman–Crippen LogP) is 2.15. The summed E-state index contributed by atoms with van der Waals surface area (Å²) < 4.78 is 4.75. The molecule has 98 valence electrons. The molecule has 0 amide bonds. The molecule has 2 N–H and O–H groups in total. The second-order valence-electron chi connectivity index (χ2n) is 4.39. The molecule has 0 aliphatic carbocycles. The molecule has 0 aliphatic heterocycles. The average Bonchev–Trinajstić information content (AvgIpc) is 2.85. The van der Waals surface area contributed by atoms with E-state index in [0.717, 1.165) is 34.4 Å². The van der Waals surface area contributed by atoms with Crippen LogP contribution >= 0.6 is 15.9 Å². The van der Waals surface area contributed by atoms with Gasteiger partial charge in [-0.05, 0) is 29.3 Å². The van der Waals surface area contributed by atoms with Gasteiger partial charge in [-0.2, -0.15) is 10.2 Å². The number of halogens is 1. The van der Waals surface area contributed by atoms with Crippen LogP contribution in [0.15, 0.2) is 16.9 Å². The first kappa shape index (κ1) is 13.3. The topological polar surface area (TPSA) is 61.7 Å². The Morgan fingerprint density at radius 2 is 2.11 bits per heavy atom. The number of hydrogen-bond donors (Lipinski definition) is 1. The second kappa shape index (κ2) is 5.24. The molecule has 2 aromatic rings. The quantitative estimate of drug-likeness (QED) is 0.941. The first-order chi connectivity index (χ1) is 8.56. The van der Waals surface area contributed by atoms with E-state index in [4.69, 9.17) is 5.73 Å². The van der Waals surface area contributed by atoms with Crippen LogP contribution < -0.4 is 5.73 Å². The lowest BCUT2D eigenvalue weighted by atomic mass is 10.1. The predicted molar refractivity (Wildman–Crippen MR) is 74.2 cm³/mol. The van der Waals surface area contributed by atoms with Crippen LogP contribution in [0.25, 0.3) is 0 Å². The minimum absolute atomic E-state index is 0.206. The molecule has 0 saturated carbocycles. The Labute approximate surface area is 115 Å². The zero-order valence-corrected chi connectivity index (χ0v) is 12.5. The van der Waals surface area contributed by atoms with Crippen LogP contribution in [0.5, 0.6) is 0 Å². The smallest absolute Gasteiger partial charge is 0.0768 e. The van der Waals surface area contributed by atoms with Gasteiger partial charge < -0.3 is 5.73 Å². The van der Waals surface area contributed by atoms with Gasteiger partial charge in [-0.25, -0.2) is 0 Å². The molecule has 1 atom stereocenters. The van der Waals surface area contributed by atoms with E-state index < -0.39 is 0 Å². The summed E-state index contributed by atoms with van der Waals surface area (Å²) in [6, 6.07) is -0.206. The van der Waals surface area contributed by atoms with E-state index >= 15 is 0 Å². The maximum absolute atomic E-state index is 6.36. The molecule has 6 heteroatoms. The van der Waals surface area contributed by atoms with Crippen LogP contribution in [0.4, 0.5) is 0 Å². The molecule has 0 spiro atoms. The lowest BCUT2D eigenvalue weighted by Gasteiger charge is -2.14. The lowest BCUT2D eigenvalue weighted by Crippen LogP contribution is -2.18. The minimum Gasteiger partial charge on any atom is -0.319 e. The van der Waals surface area contributed by atoms with Gasteiger partial charge in [-0.15, -0.1) is 0 Å². The maximum atomic E-state index is 6.36. The highest BCUT2D eigenvalue weighted by atomic mass is 79.9. The average molecular weight is 312 g/mol. The van der Waals surface area contributed by atoms with E-state index in [-0.39, 0.29) is 6.04 Å². The van der Waals surface area contributed by atoms with Crippen molar-refractivity contribution < 1.29 is 0 Å². The van der Waals surface area contributed by atoms with E-state index in [1.807, 2.05) is 29.5 Å². The van der Waals surface area contributed by atoms with E-state index in [9.17, 15) is 0 Å². The van der Waals surface area contributed by atoms with Crippen molar-refractivity contribution >= 4 is 15.9 Å². The molecule has 5 nitrogen and oxygen atoms in total. The largest absolute Gasteiger partial charge is 0.319 e. The Kier molecular flexibility index (Phi) is 3.87. The molecule has 0 radical (unpaired) electrons. The van der Waals surface area contributed by atoms with Gasteiger partial charge in [-0.1, -0.05) is 6.92 Å². The summed E-state index contributed by atoms with van der Waals surface area (Å²) >= 11 is 3.53. The highest BCUT2D eigenvalue weighted by molar-refractivity contribution is 9.10. The van der Waals surface area contributed by atoms with E-state index in [1.54, 1.807) is 6.20 Å². The van der Waals surface area contributed by atoms with E-state index in [2.05, 4.69) is 33.1 Å². The van der Waals surface area contributed by atoms with Crippen molar-refractivity contribution in [2.75, 3.05) is 0 Å². The molecule has 0 aromatic carbocycles.